The second-order valence-electron chi connectivity index (χ2n) is 4.44. The zero-order valence-electron chi connectivity index (χ0n) is 10.0. The van der Waals surface area contributed by atoms with Crippen molar-refractivity contribution in [1.82, 2.24) is 15.1 Å². The minimum absolute atomic E-state index is 0.0964. The first-order valence-electron chi connectivity index (χ1n) is 6.10. The minimum atomic E-state index is -0.224. The molecule has 0 bridgehead atoms. The average molecular weight is 237 g/mol. The molecule has 2 heterocycles. The van der Waals surface area contributed by atoms with E-state index in [4.69, 9.17) is 11.2 Å². The molecule has 1 N–H and O–H groups in total. The first-order chi connectivity index (χ1) is 8.29. The summed E-state index contributed by atoms with van der Waals surface area (Å²) < 4.78 is 5.68. The number of hydrogen-bond donors (Lipinski definition) is 1. The molecule has 1 amide bonds. The van der Waals surface area contributed by atoms with Crippen LogP contribution in [0.3, 0.4) is 0 Å². The van der Waals surface area contributed by atoms with Gasteiger partial charge in [0.1, 0.15) is 0 Å². The first kappa shape index (κ1) is 12.4. The highest BCUT2D eigenvalue weighted by Crippen LogP contribution is 2.07. The number of rotatable bonds is 2. The third-order valence-corrected chi connectivity index (χ3v) is 3.22. The van der Waals surface area contributed by atoms with Crippen LogP contribution in [0.2, 0.25) is 0 Å². The number of carbonyl (C=O) groups excluding carboxylic acids is 1. The van der Waals surface area contributed by atoms with Crippen LogP contribution in [0.1, 0.15) is 0 Å². The lowest BCUT2D eigenvalue weighted by Crippen LogP contribution is -2.52. The van der Waals surface area contributed by atoms with Crippen LogP contribution in [0.5, 0.6) is 0 Å². The molecule has 2 rings (SSSR count). The fourth-order valence-corrected chi connectivity index (χ4v) is 2.29. The van der Waals surface area contributed by atoms with Crippen molar-refractivity contribution in [3.63, 3.8) is 0 Å². The molecular formula is C12H19N3O2. The van der Waals surface area contributed by atoms with Crippen LogP contribution in [-0.2, 0) is 9.53 Å². The van der Waals surface area contributed by atoms with E-state index >= 15 is 0 Å². The van der Waals surface area contributed by atoms with Gasteiger partial charge < -0.3 is 15.0 Å². The normalized spacial score (nSPS) is 26.5. The van der Waals surface area contributed by atoms with E-state index in [2.05, 4.69) is 16.1 Å². The van der Waals surface area contributed by atoms with E-state index in [0.29, 0.717) is 19.7 Å². The topological polar surface area (TPSA) is 44.8 Å². The second kappa shape index (κ2) is 6.01. The summed E-state index contributed by atoms with van der Waals surface area (Å²) in [6.07, 6.45) is 5.23. The standard InChI is InChI=1S/C12H19N3O2/c1-2-12(16)15-7-8-17-11(10-15)9-14-5-3-13-4-6-14/h1,11,13H,3-10H2. The molecule has 1 atom stereocenters. The summed E-state index contributed by atoms with van der Waals surface area (Å²) in [7, 11) is 0. The van der Waals surface area contributed by atoms with Crippen LogP contribution in [0, 0.1) is 12.3 Å². The maximum absolute atomic E-state index is 11.4. The van der Waals surface area contributed by atoms with E-state index in [0.717, 1.165) is 32.7 Å². The monoisotopic (exact) mass is 237 g/mol. The Kier molecular flexibility index (Phi) is 4.37. The summed E-state index contributed by atoms with van der Waals surface area (Å²) >= 11 is 0. The van der Waals surface area contributed by atoms with Crippen LogP contribution in [0.4, 0.5) is 0 Å². The number of carbonyl (C=O) groups is 1. The maximum Gasteiger partial charge on any atom is 0.298 e. The molecule has 0 spiro atoms. The van der Waals surface area contributed by atoms with Crippen LogP contribution in [0.25, 0.3) is 0 Å². The summed E-state index contributed by atoms with van der Waals surface area (Å²) in [4.78, 5) is 15.5. The van der Waals surface area contributed by atoms with Crippen LogP contribution >= 0.6 is 0 Å². The Morgan fingerprint density at radius 2 is 2.18 bits per heavy atom. The summed E-state index contributed by atoms with van der Waals surface area (Å²) in [6, 6.07) is 0. The molecule has 94 valence electrons. The van der Waals surface area contributed by atoms with Crippen molar-refractivity contribution in [2.24, 2.45) is 0 Å². The van der Waals surface area contributed by atoms with Crippen molar-refractivity contribution < 1.29 is 9.53 Å². The number of nitrogens with one attached hydrogen (secondary N) is 1. The zero-order chi connectivity index (χ0) is 12.1. The van der Waals surface area contributed by atoms with Gasteiger partial charge in [0.2, 0.25) is 0 Å². The molecule has 0 aromatic heterocycles. The molecule has 0 saturated carbocycles. The number of amides is 1. The third-order valence-electron chi connectivity index (χ3n) is 3.22. The number of piperazine rings is 1. The molecule has 0 aliphatic carbocycles. The molecule has 2 fully saturated rings. The highest BCUT2D eigenvalue weighted by Gasteiger charge is 2.25. The van der Waals surface area contributed by atoms with Gasteiger partial charge in [-0.3, -0.25) is 9.69 Å². The molecule has 2 aliphatic heterocycles. The average Bonchev–Trinajstić information content (AvgIpc) is 2.39. The molecule has 5 heteroatoms. The maximum atomic E-state index is 11.4. The van der Waals surface area contributed by atoms with Crippen molar-refractivity contribution in [3.8, 4) is 12.3 Å². The summed E-state index contributed by atoms with van der Waals surface area (Å²) in [5, 5.41) is 3.31. The summed E-state index contributed by atoms with van der Waals surface area (Å²) in [6.45, 7) is 6.85. The van der Waals surface area contributed by atoms with E-state index < -0.39 is 0 Å². The predicted molar refractivity (Wildman–Crippen MR) is 64.5 cm³/mol. The number of terminal acetylenes is 1. The fraction of sp³-hybridized carbons (Fsp3) is 0.750. The van der Waals surface area contributed by atoms with E-state index in [1.54, 1.807) is 4.90 Å². The Morgan fingerprint density at radius 3 is 2.88 bits per heavy atom. The Balaban J connectivity index is 1.80. The van der Waals surface area contributed by atoms with E-state index in [-0.39, 0.29) is 12.0 Å². The summed E-state index contributed by atoms with van der Waals surface area (Å²) in [5.41, 5.74) is 0. The molecule has 5 nitrogen and oxygen atoms in total. The van der Waals surface area contributed by atoms with Crippen LogP contribution < -0.4 is 5.32 Å². The van der Waals surface area contributed by atoms with Gasteiger partial charge >= 0.3 is 0 Å². The largest absolute Gasteiger partial charge is 0.373 e. The van der Waals surface area contributed by atoms with Crippen LogP contribution in [-0.4, -0.2) is 74.2 Å². The fourth-order valence-electron chi connectivity index (χ4n) is 2.29. The second-order valence-corrected chi connectivity index (χ2v) is 4.44. The van der Waals surface area contributed by atoms with Gasteiger partial charge in [0.25, 0.3) is 5.91 Å². The van der Waals surface area contributed by atoms with Crippen molar-refractivity contribution in [3.05, 3.63) is 0 Å². The van der Waals surface area contributed by atoms with Gasteiger partial charge in [-0.05, 0) is 5.92 Å². The Labute approximate surface area is 102 Å². The van der Waals surface area contributed by atoms with Gasteiger partial charge in [0.15, 0.2) is 0 Å². The van der Waals surface area contributed by atoms with E-state index in [1.807, 2.05) is 0 Å². The van der Waals surface area contributed by atoms with E-state index in [9.17, 15) is 4.79 Å². The molecule has 0 radical (unpaired) electrons. The smallest absolute Gasteiger partial charge is 0.298 e. The molecule has 0 aromatic carbocycles. The zero-order valence-corrected chi connectivity index (χ0v) is 10.0. The highest BCUT2D eigenvalue weighted by atomic mass is 16.5. The lowest BCUT2D eigenvalue weighted by Gasteiger charge is -2.36. The van der Waals surface area contributed by atoms with Gasteiger partial charge in [-0.2, -0.15) is 0 Å². The Hall–Kier alpha value is -1.09. The Morgan fingerprint density at radius 1 is 1.41 bits per heavy atom. The van der Waals surface area contributed by atoms with Gasteiger partial charge in [0.05, 0.1) is 12.7 Å². The number of hydrogen-bond acceptors (Lipinski definition) is 4. The molecule has 1 unspecified atom stereocenters. The van der Waals surface area contributed by atoms with Crippen molar-refractivity contribution in [1.29, 1.82) is 0 Å². The number of ether oxygens (including phenoxy) is 1. The minimum Gasteiger partial charge on any atom is -0.373 e. The SMILES string of the molecule is C#CC(=O)N1CCOC(CN2CCNCC2)C1. The number of morpholine rings is 1. The van der Waals surface area contributed by atoms with Gasteiger partial charge in [-0.25, -0.2) is 0 Å². The van der Waals surface area contributed by atoms with Crippen molar-refractivity contribution in [2.75, 3.05) is 52.4 Å². The van der Waals surface area contributed by atoms with Crippen molar-refractivity contribution in [2.45, 2.75) is 6.10 Å². The van der Waals surface area contributed by atoms with Gasteiger partial charge in [-0.15, -0.1) is 6.42 Å². The lowest BCUT2D eigenvalue weighted by atomic mass is 10.2. The lowest BCUT2D eigenvalue weighted by molar-refractivity contribution is -0.133. The number of nitrogens with zero attached hydrogens (tertiary/aromatic N) is 2. The highest BCUT2D eigenvalue weighted by molar-refractivity contribution is 5.92. The quantitative estimate of drug-likeness (QED) is 0.610. The predicted octanol–water partition coefficient (Wildman–Crippen LogP) is -1.25. The third kappa shape index (κ3) is 3.43. The van der Waals surface area contributed by atoms with Crippen LogP contribution in [0.15, 0.2) is 0 Å². The van der Waals surface area contributed by atoms with Gasteiger partial charge in [0, 0.05) is 45.8 Å². The van der Waals surface area contributed by atoms with Crippen molar-refractivity contribution >= 4 is 5.91 Å². The van der Waals surface area contributed by atoms with Gasteiger partial charge in [-0.1, -0.05) is 0 Å². The molecular weight excluding hydrogens is 218 g/mol. The molecule has 17 heavy (non-hydrogen) atoms. The molecule has 2 saturated heterocycles. The first-order valence-corrected chi connectivity index (χ1v) is 6.10. The summed E-state index contributed by atoms with van der Waals surface area (Å²) in [5.74, 6) is 1.94. The molecule has 2 aliphatic rings. The molecule has 0 aromatic rings. The van der Waals surface area contributed by atoms with E-state index in [1.165, 1.54) is 0 Å². The Bertz CT molecular complexity index is 307.